The lowest BCUT2D eigenvalue weighted by atomic mass is 10.2. The minimum atomic E-state index is -0.530. The van der Waals surface area contributed by atoms with Crippen molar-refractivity contribution in [3.05, 3.63) is 41.2 Å². The Labute approximate surface area is 141 Å². The molecule has 1 aromatic carbocycles. The molecule has 11 nitrogen and oxygen atoms in total. The number of hydrogen-bond donors (Lipinski definition) is 2. The zero-order valence-corrected chi connectivity index (χ0v) is 13.4. The van der Waals surface area contributed by atoms with Crippen molar-refractivity contribution in [3.8, 4) is 11.6 Å². The maximum Gasteiger partial charge on any atom is 0.293 e. The number of nitrogens with one attached hydrogen (secondary N) is 1. The highest BCUT2D eigenvalue weighted by molar-refractivity contribution is 5.94. The van der Waals surface area contributed by atoms with Gasteiger partial charge in [0.05, 0.1) is 19.0 Å². The Morgan fingerprint density at radius 3 is 3.00 bits per heavy atom. The molecule has 128 valence electrons. The second-order valence-electron chi connectivity index (χ2n) is 4.88. The molecule has 0 aliphatic heterocycles. The van der Waals surface area contributed by atoms with E-state index in [1.807, 2.05) is 18.2 Å². The van der Waals surface area contributed by atoms with Gasteiger partial charge in [-0.2, -0.15) is 9.78 Å². The summed E-state index contributed by atoms with van der Waals surface area (Å²) in [5.41, 5.74) is 9.24. The van der Waals surface area contributed by atoms with Crippen molar-refractivity contribution in [1.82, 2.24) is 30.7 Å². The minimum Gasteiger partial charge on any atom is -0.497 e. The number of aromatic nitrogens is 5. The summed E-state index contributed by atoms with van der Waals surface area (Å²) in [6.45, 7) is 1.63. The van der Waals surface area contributed by atoms with Gasteiger partial charge in [0, 0.05) is 0 Å². The smallest absolute Gasteiger partial charge is 0.293 e. The third kappa shape index (κ3) is 3.29. The van der Waals surface area contributed by atoms with Gasteiger partial charge in [-0.05, 0) is 34.9 Å². The Morgan fingerprint density at radius 1 is 1.44 bits per heavy atom. The molecule has 0 saturated carbocycles. The van der Waals surface area contributed by atoms with E-state index < -0.39 is 5.91 Å². The molecule has 2 heterocycles. The highest BCUT2D eigenvalue weighted by Crippen LogP contribution is 2.14. The summed E-state index contributed by atoms with van der Waals surface area (Å²) in [6, 6.07) is 7.22. The predicted molar refractivity (Wildman–Crippen MR) is 86.4 cm³/mol. The molecule has 0 aliphatic carbocycles. The molecular formula is C14H14N8O3. The predicted octanol–water partition coefficient (Wildman–Crippen LogP) is 0.313. The van der Waals surface area contributed by atoms with Gasteiger partial charge in [-0.25, -0.2) is 10.1 Å². The van der Waals surface area contributed by atoms with Crippen molar-refractivity contribution in [2.45, 2.75) is 6.92 Å². The van der Waals surface area contributed by atoms with E-state index >= 15 is 0 Å². The van der Waals surface area contributed by atoms with Gasteiger partial charge < -0.3 is 10.5 Å². The lowest BCUT2D eigenvalue weighted by Crippen LogP contribution is -2.19. The average Bonchev–Trinajstić information content (AvgIpc) is 3.20. The van der Waals surface area contributed by atoms with E-state index in [0.29, 0.717) is 11.4 Å². The molecule has 0 fully saturated rings. The Bertz CT molecular complexity index is 930. The Kier molecular flexibility index (Phi) is 4.37. The van der Waals surface area contributed by atoms with Crippen LogP contribution in [0.1, 0.15) is 21.7 Å². The molecule has 11 heteroatoms. The molecule has 0 aliphatic rings. The van der Waals surface area contributed by atoms with E-state index in [1.54, 1.807) is 20.1 Å². The molecule has 0 spiro atoms. The molecule has 3 rings (SSSR count). The number of carbonyl (C=O) groups is 1. The number of nitrogen functional groups attached to an aromatic ring is 1. The van der Waals surface area contributed by atoms with E-state index in [2.05, 4.69) is 35.8 Å². The van der Waals surface area contributed by atoms with Crippen LogP contribution in [-0.4, -0.2) is 44.5 Å². The van der Waals surface area contributed by atoms with Gasteiger partial charge in [0.2, 0.25) is 11.6 Å². The lowest BCUT2D eigenvalue weighted by Gasteiger charge is -2.00. The van der Waals surface area contributed by atoms with Crippen molar-refractivity contribution in [2.24, 2.45) is 5.10 Å². The molecule has 0 atom stereocenters. The fourth-order valence-electron chi connectivity index (χ4n) is 2.02. The van der Waals surface area contributed by atoms with Crippen molar-refractivity contribution < 1.29 is 14.2 Å². The number of benzene rings is 1. The van der Waals surface area contributed by atoms with Gasteiger partial charge in [0.1, 0.15) is 5.75 Å². The second kappa shape index (κ2) is 6.78. The summed E-state index contributed by atoms with van der Waals surface area (Å²) < 4.78 is 10.9. The number of ether oxygens (including phenoxy) is 1. The molecule has 1 amide bonds. The van der Waals surface area contributed by atoms with E-state index in [9.17, 15) is 4.79 Å². The van der Waals surface area contributed by atoms with Crippen LogP contribution in [0.4, 0.5) is 5.82 Å². The molecule has 0 bridgehead atoms. The average molecular weight is 342 g/mol. The van der Waals surface area contributed by atoms with Crippen LogP contribution in [0, 0.1) is 6.92 Å². The number of anilines is 1. The standard InChI is InChI=1S/C14H14N8O3/c1-8-11(17-21-22(8)13-12(15)19-25-20-13)14(23)18-16-7-9-4-3-5-10(6-9)24-2/h3-7H,1-2H3,(H2,15,19)(H,18,23)/b16-7-. The summed E-state index contributed by atoms with van der Waals surface area (Å²) in [7, 11) is 1.57. The van der Waals surface area contributed by atoms with Crippen molar-refractivity contribution in [3.63, 3.8) is 0 Å². The summed E-state index contributed by atoms with van der Waals surface area (Å²) in [6.07, 6.45) is 1.49. The summed E-state index contributed by atoms with van der Waals surface area (Å²) in [5, 5.41) is 18.6. The number of rotatable bonds is 5. The number of hydrogen-bond acceptors (Lipinski definition) is 9. The topological polar surface area (TPSA) is 146 Å². The van der Waals surface area contributed by atoms with Gasteiger partial charge in [0.25, 0.3) is 5.91 Å². The Balaban J connectivity index is 1.73. The van der Waals surface area contributed by atoms with Crippen molar-refractivity contribution in [1.29, 1.82) is 0 Å². The summed E-state index contributed by atoms with van der Waals surface area (Å²) in [5.74, 6) is 0.353. The van der Waals surface area contributed by atoms with E-state index in [4.69, 9.17) is 10.5 Å². The number of nitrogens with zero attached hydrogens (tertiary/aromatic N) is 6. The van der Waals surface area contributed by atoms with Gasteiger partial charge >= 0.3 is 0 Å². The SMILES string of the molecule is COc1cccc(/C=N\NC(=O)c2nnn(-c3nonc3N)c2C)c1. The normalized spacial score (nSPS) is 11.0. The van der Waals surface area contributed by atoms with Crippen LogP contribution >= 0.6 is 0 Å². The van der Waals surface area contributed by atoms with Gasteiger partial charge in [-0.3, -0.25) is 4.79 Å². The van der Waals surface area contributed by atoms with Crippen molar-refractivity contribution in [2.75, 3.05) is 12.8 Å². The van der Waals surface area contributed by atoms with Gasteiger partial charge in [-0.15, -0.1) is 5.10 Å². The number of carbonyl (C=O) groups excluding carboxylic acids is 1. The monoisotopic (exact) mass is 342 g/mol. The van der Waals surface area contributed by atoms with E-state index in [1.165, 1.54) is 10.9 Å². The third-order valence-electron chi connectivity index (χ3n) is 3.28. The first kappa shape index (κ1) is 16.1. The molecule has 25 heavy (non-hydrogen) atoms. The molecule has 0 unspecified atom stereocenters. The highest BCUT2D eigenvalue weighted by Gasteiger charge is 2.20. The molecular weight excluding hydrogens is 328 g/mol. The fraction of sp³-hybridized carbons (Fsp3) is 0.143. The van der Waals surface area contributed by atoms with Crippen LogP contribution in [-0.2, 0) is 0 Å². The van der Waals surface area contributed by atoms with Crippen LogP contribution in [0.25, 0.3) is 5.82 Å². The van der Waals surface area contributed by atoms with Crippen LogP contribution < -0.4 is 15.9 Å². The first-order valence-electron chi connectivity index (χ1n) is 7.08. The molecule has 0 saturated heterocycles. The molecule has 0 radical (unpaired) electrons. The zero-order chi connectivity index (χ0) is 17.8. The van der Waals surface area contributed by atoms with Crippen LogP contribution in [0.3, 0.4) is 0 Å². The number of amides is 1. The molecule has 3 aromatic rings. The maximum atomic E-state index is 12.2. The fourth-order valence-corrected chi connectivity index (χ4v) is 2.02. The number of hydrazone groups is 1. The van der Waals surface area contributed by atoms with Crippen molar-refractivity contribution >= 4 is 17.9 Å². The molecule has 2 aromatic heterocycles. The van der Waals surface area contributed by atoms with Crippen LogP contribution in [0.5, 0.6) is 5.75 Å². The molecule has 3 N–H and O–H groups in total. The quantitative estimate of drug-likeness (QED) is 0.497. The zero-order valence-electron chi connectivity index (χ0n) is 13.4. The number of nitrogens with two attached hydrogens (primary N) is 1. The van der Waals surface area contributed by atoms with Crippen LogP contribution in [0.2, 0.25) is 0 Å². The minimum absolute atomic E-state index is 0.0380. The summed E-state index contributed by atoms with van der Waals surface area (Å²) >= 11 is 0. The Morgan fingerprint density at radius 2 is 2.28 bits per heavy atom. The first-order chi connectivity index (χ1) is 12.1. The second-order valence-corrected chi connectivity index (χ2v) is 4.88. The van der Waals surface area contributed by atoms with E-state index in [0.717, 1.165) is 5.56 Å². The van der Waals surface area contributed by atoms with E-state index in [-0.39, 0.29) is 17.3 Å². The van der Waals surface area contributed by atoms with Gasteiger partial charge in [0.15, 0.2) is 5.69 Å². The third-order valence-corrected chi connectivity index (χ3v) is 3.28. The maximum absolute atomic E-state index is 12.2. The van der Waals surface area contributed by atoms with Gasteiger partial charge in [-0.1, -0.05) is 17.3 Å². The van der Waals surface area contributed by atoms with Crippen LogP contribution in [0.15, 0.2) is 34.0 Å². The summed E-state index contributed by atoms with van der Waals surface area (Å²) in [4.78, 5) is 12.2. The highest BCUT2D eigenvalue weighted by atomic mass is 16.6. The number of methoxy groups -OCH3 is 1. The first-order valence-corrected chi connectivity index (χ1v) is 7.08. The largest absolute Gasteiger partial charge is 0.497 e. The Hall–Kier alpha value is -3.76. The lowest BCUT2D eigenvalue weighted by molar-refractivity contribution is 0.0949.